The van der Waals surface area contributed by atoms with E-state index in [0.29, 0.717) is 45.9 Å². The van der Waals surface area contributed by atoms with Gasteiger partial charge in [0.05, 0.1) is 33.0 Å². The fourth-order valence-corrected chi connectivity index (χ4v) is 1.35. The summed E-state index contributed by atoms with van der Waals surface area (Å²) in [5.74, 6) is -0.329. The van der Waals surface area contributed by atoms with Gasteiger partial charge in [0.15, 0.2) is 6.29 Å². The van der Waals surface area contributed by atoms with E-state index in [4.69, 9.17) is 23.7 Å². The Morgan fingerprint density at radius 2 is 1.60 bits per heavy atom. The van der Waals surface area contributed by atoms with Crippen molar-refractivity contribution in [2.45, 2.75) is 26.1 Å². The molecule has 0 radical (unpaired) electrons. The molecule has 0 atom stereocenters. The lowest BCUT2D eigenvalue weighted by Crippen LogP contribution is -2.22. The van der Waals surface area contributed by atoms with E-state index in [1.807, 2.05) is 0 Å². The van der Waals surface area contributed by atoms with E-state index < -0.39 is 0 Å². The van der Waals surface area contributed by atoms with E-state index in [1.165, 1.54) is 6.08 Å². The highest BCUT2D eigenvalue weighted by Crippen LogP contribution is 2.05. The van der Waals surface area contributed by atoms with Crippen molar-refractivity contribution in [1.82, 2.24) is 0 Å². The van der Waals surface area contributed by atoms with Crippen molar-refractivity contribution in [3.63, 3.8) is 0 Å². The van der Waals surface area contributed by atoms with Crippen molar-refractivity contribution < 1.29 is 28.5 Å². The third-order valence-electron chi connectivity index (χ3n) is 2.31. The molecule has 0 aromatic carbocycles. The van der Waals surface area contributed by atoms with Gasteiger partial charge in [-0.2, -0.15) is 0 Å². The van der Waals surface area contributed by atoms with Crippen molar-refractivity contribution in [3.8, 4) is 0 Å². The van der Waals surface area contributed by atoms with Gasteiger partial charge in [-0.1, -0.05) is 6.08 Å². The first-order chi connectivity index (χ1) is 9.74. The van der Waals surface area contributed by atoms with Crippen LogP contribution in [0.1, 0.15) is 19.8 Å². The molecule has 0 aromatic rings. The Labute approximate surface area is 121 Å². The Kier molecular flexibility index (Phi) is 13.8. The van der Waals surface area contributed by atoms with Crippen LogP contribution in [0.15, 0.2) is 12.2 Å². The number of hydrogen-bond acceptors (Lipinski definition) is 6. The van der Waals surface area contributed by atoms with Gasteiger partial charge >= 0.3 is 5.97 Å². The van der Waals surface area contributed by atoms with Crippen molar-refractivity contribution in [1.29, 1.82) is 0 Å². The van der Waals surface area contributed by atoms with Crippen LogP contribution in [0.5, 0.6) is 0 Å². The topological polar surface area (TPSA) is 63.2 Å². The van der Waals surface area contributed by atoms with Crippen LogP contribution < -0.4 is 0 Å². The van der Waals surface area contributed by atoms with Crippen LogP contribution in [0.3, 0.4) is 0 Å². The second-order valence-electron chi connectivity index (χ2n) is 3.97. The lowest BCUT2D eigenvalue weighted by Gasteiger charge is -2.18. The quantitative estimate of drug-likeness (QED) is 0.222. The van der Waals surface area contributed by atoms with Crippen molar-refractivity contribution >= 4 is 5.97 Å². The van der Waals surface area contributed by atoms with Gasteiger partial charge in [-0.15, -0.1) is 0 Å². The molecule has 20 heavy (non-hydrogen) atoms. The molecule has 0 N–H and O–H groups in total. The Morgan fingerprint density at radius 1 is 1.00 bits per heavy atom. The molecule has 0 aliphatic carbocycles. The highest BCUT2D eigenvalue weighted by Gasteiger charge is 2.09. The lowest BCUT2D eigenvalue weighted by atomic mass is 10.3. The number of esters is 1. The zero-order valence-corrected chi connectivity index (χ0v) is 12.6. The molecule has 0 rings (SSSR count). The molecule has 0 amide bonds. The Bertz CT molecular complexity index is 244. The maximum atomic E-state index is 11.1. The first-order valence-electron chi connectivity index (χ1n) is 6.75. The molecule has 118 valence electrons. The normalized spacial score (nSPS) is 11.4. The monoisotopic (exact) mass is 290 g/mol. The minimum Gasteiger partial charge on any atom is -0.463 e. The minimum atomic E-state index is -0.333. The summed E-state index contributed by atoms with van der Waals surface area (Å²) < 4.78 is 25.9. The van der Waals surface area contributed by atoms with Crippen LogP contribution in [-0.4, -0.2) is 59.5 Å². The number of carbonyl (C=O) groups excluding carboxylic acids is 1. The predicted octanol–water partition coefficient (Wildman–Crippen LogP) is 1.54. The summed E-state index contributed by atoms with van der Waals surface area (Å²) in [6.07, 6.45) is 4.03. The summed E-state index contributed by atoms with van der Waals surface area (Å²) >= 11 is 0. The van der Waals surface area contributed by atoms with Gasteiger partial charge in [0, 0.05) is 26.7 Å². The average Bonchev–Trinajstić information content (AvgIpc) is 2.43. The Balaban J connectivity index is 3.79. The van der Waals surface area contributed by atoms with Crippen LogP contribution in [0.25, 0.3) is 0 Å². The molecule has 0 saturated heterocycles. The van der Waals surface area contributed by atoms with Crippen LogP contribution in [0.2, 0.25) is 0 Å². The predicted molar refractivity (Wildman–Crippen MR) is 74.5 cm³/mol. The second kappa shape index (κ2) is 14.5. The van der Waals surface area contributed by atoms with Gasteiger partial charge in [0.25, 0.3) is 0 Å². The van der Waals surface area contributed by atoms with Gasteiger partial charge in [-0.3, -0.25) is 0 Å². The fraction of sp³-hybridized carbons (Fsp3) is 0.786. The first kappa shape index (κ1) is 19.1. The molecule has 0 aliphatic rings. The highest BCUT2D eigenvalue weighted by molar-refractivity contribution is 5.81. The molecule has 0 spiro atoms. The first-order valence-corrected chi connectivity index (χ1v) is 6.75. The summed E-state index contributed by atoms with van der Waals surface area (Å²) in [7, 11) is 3.23. The van der Waals surface area contributed by atoms with Crippen LogP contribution in [0.4, 0.5) is 0 Å². The Morgan fingerprint density at radius 3 is 2.10 bits per heavy atom. The summed E-state index contributed by atoms with van der Waals surface area (Å²) in [5, 5.41) is 0. The largest absolute Gasteiger partial charge is 0.463 e. The highest BCUT2D eigenvalue weighted by atomic mass is 16.7. The van der Waals surface area contributed by atoms with Gasteiger partial charge in [0.1, 0.15) is 0 Å². The van der Waals surface area contributed by atoms with Gasteiger partial charge in [-0.25, -0.2) is 4.79 Å². The molecular formula is C14H26O6. The molecule has 0 aliphatic heterocycles. The molecule has 0 bridgehead atoms. The summed E-state index contributed by atoms with van der Waals surface area (Å²) in [5.41, 5.74) is 0. The maximum absolute atomic E-state index is 11.1. The number of rotatable bonds is 13. The van der Waals surface area contributed by atoms with E-state index in [2.05, 4.69) is 0 Å². The second-order valence-corrected chi connectivity index (χ2v) is 3.97. The molecule has 0 aromatic heterocycles. The van der Waals surface area contributed by atoms with Gasteiger partial charge < -0.3 is 23.7 Å². The van der Waals surface area contributed by atoms with E-state index in [0.717, 1.165) is 0 Å². The summed E-state index contributed by atoms with van der Waals surface area (Å²) in [6.45, 7) is 4.07. The Hall–Kier alpha value is -0.950. The standard InChI is InChI=1S/C14H26O6/c1-4-6-13(15)18-8-5-7-14(19-11-9-16-2)20-12-10-17-3/h4,6,14H,5,7-12H2,1-3H3. The maximum Gasteiger partial charge on any atom is 0.330 e. The number of methoxy groups -OCH3 is 2. The molecule has 0 heterocycles. The third kappa shape index (κ3) is 12.1. The zero-order valence-electron chi connectivity index (χ0n) is 12.6. The van der Waals surface area contributed by atoms with Gasteiger partial charge in [0.2, 0.25) is 0 Å². The van der Waals surface area contributed by atoms with Crippen molar-refractivity contribution in [2.75, 3.05) is 47.3 Å². The van der Waals surface area contributed by atoms with E-state index in [-0.39, 0.29) is 12.3 Å². The molecule has 0 unspecified atom stereocenters. The fourth-order valence-electron chi connectivity index (χ4n) is 1.35. The van der Waals surface area contributed by atoms with Crippen LogP contribution in [-0.2, 0) is 28.5 Å². The molecular weight excluding hydrogens is 264 g/mol. The van der Waals surface area contributed by atoms with Crippen LogP contribution >= 0.6 is 0 Å². The smallest absolute Gasteiger partial charge is 0.330 e. The van der Waals surface area contributed by atoms with Crippen LogP contribution in [0, 0.1) is 0 Å². The van der Waals surface area contributed by atoms with Gasteiger partial charge in [-0.05, 0) is 13.3 Å². The van der Waals surface area contributed by atoms with E-state index >= 15 is 0 Å². The number of hydrogen-bond donors (Lipinski definition) is 0. The molecule has 6 heteroatoms. The molecule has 6 nitrogen and oxygen atoms in total. The number of allylic oxidation sites excluding steroid dienone is 1. The SMILES string of the molecule is CC=CC(=O)OCCCC(OCCOC)OCCOC. The third-order valence-corrected chi connectivity index (χ3v) is 2.31. The molecule has 0 saturated carbocycles. The number of ether oxygens (including phenoxy) is 5. The minimum absolute atomic E-state index is 0.329. The summed E-state index contributed by atoms with van der Waals surface area (Å²) in [6, 6.07) is 0. The summed E-state index contributed by atoms with van der Waals surface area (Å²) in [4.78, 5) is 11.1. The number of carbonyl (C=O) groups is 1. The van der Waals surface area contributed by atoms with E-state index in [9.17, 15) is 4.79 Å². The van der Waals surface area contributed by atoms with E-state index in [1.54, 1.807) is 27.2 Å². The van der Waals surface area contributed by atoms with Crippen molar-refractivity contribution in [2.24, 2.45) is 0 Å². The average molecular weight is 290 g/mol. The zero-order chi connectivity index (χ0) is 15.1. The lowest BCUT2D eigenvalue weighted by molar-refractivity contribution is -0.161. The molecule has 0 fully saturated rings. The van der Waals surface area contributed by atoms with Crippen molar-refractivity contribution in [3.05, 3.63) is 12.2 Å².